The molecule has 0 radical (unpaired) electrons. The normalized spacial score (nSPS) is 16.7. The van der Waals surface area contributed by atoms with Crippen LogP contribution in [0.15, 0.2) is 42.9 Å². The molecule has 0 unspecified atom stereocenters. The molecule has 1 aromatic carbocycles. The predicted molar refractivity (Wildman–Crippen MR) is 94.2 cm³/mol. The fourth-order valence-electron chi connectivity index (χ4n) is 3.55. The maximum atomic E-state index is 13.3. The van der Waals surface area contributed by atoms with Crippen LogP contribution in [0.1, 0.15) is 46.1 Å². The van der Waals surface area contributed by atoms with Crippen molar-refractivity contribution in [2.75, 3.05) is 6.54 Å². The topological polar surface area (TPSA) is 59.0 Å². The van der Waals surface area contributed by atoms with Crippen molar-refractivity contribution in [3.05, 3.63) is 65.4 Å². The third kappa shape index (κ3) is 2.56. The molecule has 25 heavy (non-hydrogen) atoms. The van der Waals surface area contributed by atoms with E-state index in [9.17, 15) is 4.79 Å². The number of para-hydroxylation sites is 1. The van der Waals surface area contributed by atoms with Gasteiger partial charge >= 0.3 is 0 Å². The average molecular weight is 330 g/mol. The molecule has 3 aromatic rings. The van der Waals surface area contributed by atoms with Crippen LogP contribution in [0.3, 0.4) is 0 Å². The number of rotatable bonds is 2. The molecule has 0 spiro atoms. The first-order valence-corrected chi connectivity index (χ1v) is 8.76. The molecule has 5 heteroatoms. The van der Waals surface area contributed by atoms with Crippen molar-refractivity contribution >= 4 is 16.8 Å². The second kappa shape index (κ2) is 5.62. The van der Waals surface area contributed by atoms with Gasteiger partial charge in [0.2, 0.25) is 0 Å². The number of nitrogens with zero attached hydrogens (tertiary/aromatic N) is 4. The summed E-state index contributed by atoms with van der Waals surface area (Å²) < 4.78 is 0. The van der Waals surface area contributed by atoms with Crippen molar-refractivity contribution in [2.45, 2.75) is 31.7 Å². The van der Waals surface area contributed by atoms with Gasteiger partial charge in [-0.3, -0.25) is 9.78 Å². The quantitative estimate of drug-likeness (QED) is 0.724. The number of amides is 1. The summed E-state index contributed by atoms with van der Waals surface area (Å²) >= 11 is 0. The summed E-state index contributed by atoms with van der Waals surface area (Å²) in [7, 11) is 0. The second-order valence-corrected chi connectivity index (χ2v) is 6.86. The number of hydrogen-bond donors (Lipinski definition) is 0. The van der Waals surface area contributed by atoms with Gasteiger partial charge in [0.15, 0.2) is 0 Å². The molecule has 2 aromatic heterocycles. The Morgan fingerprint density at radius 1 is 1.20 bits per heavy atom. The summed E-state index contributed by atoms with van der Waals surface area (Å²) in [6, 6.07) is 9.95. The Kier molecular flexibility index (Phi) is 3.26. The van der Waals surface area contributed by atoms with E-state index < -0.39 is 0 Å². The Morgan fingerprint density at radius 2 is 2.08 bits per heavy atom. The lowest BCUT2D eigenvalue weighted by Gasteiger charge is -2.28. The number of hydrogen-bond acceptors (Lipinski definition) is 4. The molecule has 1 saturated carbocycles. The second-order valence-electron chi connectivity index (χ2n) is 6.86. The molecule has 124 valence electrons. The smallest absolute Gasteiger partial charge is 0.254 e. The zero-order valence-corrected chi connectivity index (χ0v) is 13.9. The maximum Gasteiger partial charge on any atom is 0.254 e. The molecule has 0 atom stereocenters. The summed E-state index contributed by atoms with van der Waals surface area (Å²) in [6.45, 7) is 1.25. The Balaban J connectivity index is 1.55. The summed E-state index contributed by atoms with van der Waals surface area (Å²) in [4.78, 5) is 28.4. The molecule has 1 amide bonds. The molecule has 1 fully saturated rings. The number of carbonyl (C=O) groups excluding carboxylic acids is 1. The standard InChI is InChI=1S/C20H18N4O/c25-20(24-8-7-14-10-21-12-22-19(14)11-24)16-9-18(13-5-6-13)23-17-4-2-1-3-15(16)17/h1-4,9-10,12-13H,5-8,11H2. The zero-order chi connectivity index (χ0) is 16.8. The van der Waals surface area contributed by atoms with Gasteiger partial charge in [0.25, 0.3) is 5.91 Å². The minimum absolute atomic E-state index is 0.0739. The molecule has 0 N–H and O–H groups in total. The molecule has 1 aliphatic carbocycles. The van der Waals surface area contributed by atoms with Crippen LogP contribution in [0.25, 0.3) is 10.9 Å². The van der Waals surface area contributed by atoms with E-state index in [0.717, 1.165) is 39.8 Å². The van der Waals surface area contributed by atoms with Crippen LogP contribution in [0.2, 0.25) is 0 Å². The lowest BCUT2D eigenvalue weighted by molar-refractivity contribution is 0.0733. The van der Waals surface area contributed by atoms with Gasteiger partial charge in [-0.1, -0.05) is 18.2 Å². The van der Waals surface area contributed by atoms with Crippen molar-refractivity contribution in [1.82, 2.24) is 19.9 Å². The minimum Gasteiger partial charge on any atom is -0.332 e. The molecule has 3 heterocycles. The van der Waals surface area contributed by atoms with Gasteiger partial charge in [-0.05, 0) is 37.0 Å². The van der Waals surface area contributed by atoms with Gasteiger partial charge in [-0.2, -0.15) is 0 Å². The van der Waals surface area contributed by atoms with E-state index in [1.165, 1.54) is 12.8 Å². The van der Waals surface area contributed by atoms with Crippen molar-refractivity contribution in [3.8, 4) is 0 Å². The van der Waals surface area contributed by atoms with Gasteiger partial charge in [-0.15, -0.1) is 0 Å². The van der Waals surface area contributed by atoms with Crippen molar-refractivity contribution in [2.24, 2.45) is 0 Å². The molecule has 5 rings (SSSR count). The highest BCUT2D eigenvalue weighted by molar-refractivity contribution is 6.06. The molecule has 0 saturated heterocycles. The highest BCUT2D eigenvalue weighted by Gasteiger charge is 2.29. The first kappa shape index (κ1) is 14.5. The van der Waals surface area contributed by atoms with E-state index in [1.54, 1.807) is 6.33 Å². The number of benzene rings is 1. The van der Waals surface area contributed by atoms with E-state index >= 15 is 0 Å². The number of aromatic nitrogens is 3. The maximum absolute atomic E-state index is 13.3. The van der Waals surface area contributed by atoms with Crippen molar-refractivity contribution < 1.29 is 4.79 Å². The Bertz CT molecular complexity index is 980. The highest BCUT2D eigenvalue weighted by Crippen LogP contribution is 2.40. The van der Waals surface area contributed by atoms with E-state index in [-0.39, 0.29) is 5.91 Å². The van der Waals surface area contributed by atoms with Crippen LogP contribution in [-0.2, 0) is 13.0 Å². The van der Waals surface area contributed by atoms with Crippen LogP contribution in [-0.4, -0.2) is 32.3 Å². The average Bonchev–Trinajstić information content (AvgIpc) is 3.51. The minimum atomic E-state index is 0.0739. The molecular formula is C20H18N4O. The Hall–Kier alpha value is -2.82. The number of carbonyl (C=O) groups is 1. The lowest BCUT2D eigenvalue weighted by Crippen LogP contribution is -2.36. The van der Waals surface area contributed by atoms with Crippen LogP contribution in [0, 0.1) is 0 Å². The Morgan fingerprint density at radius 3 is 2.96 bits per heavy atom. The first-order valence-electron chi connectivity index (χ1n) is 8.76. The van der Waals surface area contributed by atoms with Crippen molar-refractivity contribution in [3.63, 3.8) is 0 Å². The number of fused-ring (bicyclic) bond motifs is 2. The third-order valence-electron chi connectivity index (χ3n) is 5.12. The van der Waals surface area contributed by atoms with Gasteiger partial charge < -0.3 is 4.90 Å². The first-order chi connectivity index (χ1) is 12.3. The van der Waals surface area contributed by atoms with Gasteiger partial charge in [0, 0.05) is 29.7 Å². The highest BCUT2D eigenvalue weighted by atomic mass is 16.2. The van der Waals surface area contributed by atoms with Crippen LogP contribution >= 0.6 is 0 Å². The molecule has 2 aliphatic rings. The fraction of sp³-hybridized carbons (Fsp3) is 0.300. The van der Waals surface area contributed by atoms with Crippen LogP contribution in [0.4, 0.5) is 0 Å². The SMILES string of the molecule is O=C(c1cc(C2CC2)nc2ccccc12)N1CCc2cncnc2C1. The van der Waals surface area contributed by atoms with E-state index in [1.807, 2.05) is 41.4 Å². The van der Waals surface area contributed by atoms with E-state index in [4.69, 9.17) is 4.98 Å². The number of pyridine rings is 1. The summed E-state index contributed by atoms with van der Waals surface area (Å²) in [5, 5.41) is 0.936. The zero-order valence-electron chi connectivity index (χ0n) is 13.9. The molecule has 0 bridgehead atoms. The van der Waals surface area contributed by atoms with E-state index in [2.05, 4.69) is 9.97 Å². The van der Waals surface area contributed by atoms with Gasteiger partial charge in [0.05, 0.1) is 23.3 Å². The molecular weight excluding hydrogens is 312 g/mol. The summed E-state index contributed by atoms with van der Waals surface area (Å²) in [6.07, 6.45) is 6.57. The van der Waals surface area contributed by atoms with Gasteiger partial charge in [-0.25, -0.2) is 9.97 Å². The molecule has 1 aliphatic heterocycles. The third-order valence-corrected chi connectivity index (χ3v) is 5.12. The predicted octanol–water partition coefficient (Wildman–Crippen LogP) is 3.10. The summed E-state index contributed by atoms with van der Waals surface area (Å²) in [5.74, 6) is 0.593. The van der Waals surface area contributed by atoms with Crippen molar-refractivity contribution in [1.29, 1.82) is 0 Å². The largest absolute Gasteiger partial charge is 0.332 e. The summed E-state index contributed by atoms with van der Waals surface area (Å²) in [5.41, 5.74) is 4.84. The van der Waals surface area contributed by atoms with Crippen LogP contribution in [0.5, 0.6) is 0 Å². The van der Waals surface area contributed by atoms with Crippen LogP contribution < -0.4 is 0 Å². The fourth-order valence-corrected chi connectivity index (χ4v) is 3.55. The monoisotopic (exact) mass is 330 g/mol. The lowest BCUT2D eigenvalue weighted by atomic mass is 10.0. The molecule has 5 nitrogen and oxygen atoms in total. The Labute approximate surface area is 145 Å². The van der Waals surface area contributed by atoms with E-state index in [0.29, 0.717) is 19.0 Å². The van der Waals surface area contributed by atoms with Gasteiger partial charge in [0.1, 0.15) is 6.33 Å².